The van der Waals surface area contributed by atoms with Crippen molar-refractivity contribution in [2.75, 3.05) is 13.2 Å². The molecule has 0 heterocycles. The molecule has 0 unspecified atom stereocenters. The number of ether oxygens (including phenoxy) is 2. The summed E-state index contributed by atoms with van der Waals surface area (Å²) >= 11 is 0. The van der Waals surface area contributed by atoms with E-state index in [1.165, 1.54) is 0 Å². The van der Waals surface area contributed by atoms with E-state index in [0.717, 1.165) is 25.7 Å². The van der Waals surface area contributed by atoms with Gasteiger partial charge >= 0.3 is 11.9 Å². The Hall–Kier alpha value is -1.50. The lowest BCUT2D eigenvalue weighted by Crippen LogP contribution is -2.06. The lowest BCUT2D eigenvalue weighted by molar-refractivity contribution is -0.138. The molecule has 0 amide bonds. The lowest BCUT2D eigenvalue weighted by atomic mass is 10.3. The maximum absolute atomic E-state index is 11.0. The molecule has 0 radical (unpaired) electrons. The zero-order valence-electron chi connectivity index (χ0n) is 9.88. The van der Waals surface area contributed by atoms with Gasteiger partial charge in [0.15, 0.2) is 0 Å². The average Bonchev–Trinajstić information content (AvgIpc) is 2.29. The van der Waals surface area contributed by atoms with Gasteiger partial charge in [0, 0.05) is 11.8 Å². The zero-order chi connectivity index (χ0) is 12.2. The highest BCUT2D eigenvalue weighted by molar-refractivity contribution is 5.98. The second-order valence-corrected chi connectivity index (χ2v) is 3.23. The standard InChI is InChI=1S/C12H18O4/c1-3-5-6-10-16-12(14)8-7-11(13)15-9-4-2/h3-6,9-10H2,1-2H3. The third-order valence-corrected chi connectivity index (χ3v) is 1.68. The largest absolute Gasteiger partial charge is 0.456 e. The van der Waals surface area contributed by atoms with Crippen LogP contribution in [0.5, 0.6) is 0 Å². The van der Waals surface area contributed by atoms with Crippen LogP contribution in [0.3, 0.4) is 0 Å². The summed E-state index contributed by atoms with van der Waals surface area (Å²) in [5, 5.41) is 0. The molecule has 0 spiro atoms. The summed E-state index contributed by atoms with van der Waals surface area (Å²) in [5.74, 6) is 2.79. The minimum atomic E-state index is -0.688. The van der Waals surface area contributed by atoms with Gasteiger partial charge in [0.1, 0.15) is 0 Å². The molecule has 0 N–H and O–H groups in total. The monoisotopic (exact) mass is 226 g/mol. The second kappa shape index (κ2) is 10.0. The van der Waals surface area contributed by atoms with Crippen molar-refractivity contribution in [1.82, 2.24) is 0 Å². The van der Waals surface area contributed by atoms with E-state index in [1.54, 1.807) is 0 Å². The van der Waals surface area contributed by atoms with Gasteiger partial charge in [-0.15, -0.1) is 0 Å². The first-order chi connectivity index (χ1) is 7.70. The first-order valence-electron chi connectivity index (χ1n) is 5.56. The van der Waals surface area contributed by atoms with Gasteiger partial charge in [0.05, 0.1) is 13.2 Å². The van der Waals surface area contributed by atoms with Crippen LogP contribution in [0.1, 0.15) is 39.5 Å². The maximum Gasteiger partial charge on any atom is 0.384 e. The Morgan fingerprint density at radius 1 is 0.875 bits per heavy atom. The van der Waals surface area contributed by atoms with Crippen molar-refractivity contribution in [3.05, 3.63) is 0 Å². The van der Waals surface area contributed by atoms with E-state index >= 15 is 0 Å². The Bertz CT molecular complexity index is 272. The van der Waals surface area contributed by atoms with Crippen LogP contribution in [0, 0.1) is 11.8 Å². The second-order valence-electron chi connectivity index (χ2n) is 3.23. The minimum absolute atomic E-state index is 0.319. The molecule has 0 saturated carbocycles. The van der Waals surface area contributed by atoms with Gasteiger partial charge in [0.2, 0.25) is 0 Å². The fourth-order valence-electron chi connectivity index (χ4n) is 0.886. The number of hydrogen-bond donors (Lipinski definition) is 0. The average molecular weight is 226 g/mol. The molecular weight excluding hydrogens is 208 g/mol. The third kappa shape index (κ3) is 9.07. The molecule has 16 heavy (non-hydrogen) atoms. The summed E-state index contributed by atoms with van der Waals surface area (Å²) in [6, 6.07) is 0. The zero-order valence-corrected chi connectivity index (χ0v) is 9.88. The van der Waals surface area contributed by atoms with Gasteiger partial charge in [-0.05, 0) is 12.8 Å². The summed E-state index contributed by atoms with van der Waals surface area (Å²) in [6.45, 7) is 4.61. The van der Waals surface area contributed by atoms with Crippen LogP contribution in [-0.4, -0.2) is 25.2 Å². The van der Waals surface area contributed by atoms with Gasteiger partial charge in [0.25, 0.3) is 0 Å². The predicted molar refractivity (Wildman–Crippen MR) is 59.5 cm³/mol. The maximum atomic E-state index is 11.0. The van der Waals surface area contributed by atoms with Crippen molar-refractivity contribution < 1.29 is 19.1 Å². The Kier molecular flexibility index (Phi) is 9.09. The molecule has 0 aliphatic heterocycles. The van der Waals surface area contributed by atoms with E-state index in [1.807, 2.05) is 6.92 Å². The topological polar surface area (TPSA) is 52.6 Å². The van der Waals surface area contributed by atoms with Crippen LogP contribution in [0.15, 0.2) is 0 Å². The smallest absolute Gasteiger partial charge is 0.384 e. The molecular formula is C12H18O4. The first-order valence-corrected chi connectivity index (χ1v) is 5.56. The van der Waals surface area contributed by atoms with Crippen molar-refractivity contribution in [2.24, 2.45) is 0 Å². The van der Waals surface area contributed by atoms with Crippen molar-refractivity contribution in [3.63, 3.8) is 0 Å². The number of unbranched alkanes of at least 4 members (excludes halogenated alkanes) is 2. The van der Waals surface area contributed by atoms with E-state index < -0.39 is 11.9 Å². The molecule has 0 rings (SSSR count). The molecule has 0 fully saturated rings. The molecule has 0 aromatic rings. The number of esters is 2. The molecule has 4 nitrogen and oxygen atoms in total. The lowest BCUT2D eigenvalue weighted by Gasteiger charge is -1.98. The number of carbonyl (C=O) groups is 2. The molecule has 0 aromatic carbocycles. The van der Waals surface area contributed by atoms with Crippen molar-refractivity contribution in [3.8, 4) is 11.8 Å². The van der Waals surface area contributed by atoms with Crippen molar-refractivity contribution >= 4 is 11.9 Å². The first kappa shape index (κ1) is 14.5. The minimum Gasteiger partial charge on any atom is -0.456 e. The van der Waals surface area contributed by atoms with E-state index in [-0.39, 0.29) is 0 Å². The SMILES string of the molecule is CCCCCOC(=O)C#CC(=O)OCCC. The van der Waals surface area contributed by atoms with Crippen molar-refractivity contribution in [2.45, 2.75) is 39.5 Å². The number of carbonyl (C=O) groups excluding carboxylic acids is 2. The molecule has 90 valence electrons. The number of rotatable bonds is 6. The van der Waals surface area contributed by atoms with E-state index in [2.05, 4.69) is 23.5 Å². The molecule has 0 bridgehead atoms. The van der Waals surface area contributed by atoms with Crippen LogP contribution >= 0.6 is 0 Å². The van der Waals surface area contributed by atoms with Crippen molar-refractivity contribution in [1.29, 1.82) is 0 Å². The fraction of sp³-hybridized carbons (Fsp3) is 0.667. The third-order valence-electron chi connectivity index (χ3n) is 1.68. The van der Waals surface area contributed by atoms with E-state index in [9.17, 15) is 9.59 Å². The van der Waals surface area contributed by atoms with Gasteiger partial charge < -0.3 is 9.47 Å². The van der Waals surface area contributed by atoms with E-state index in [4.69, 9.17) is 4.74 Å². The Morgan fingerprint density at radius 3 is 1.94 bits per heavy atom. The Balaban J connectivity index is 3.69. The summed E-state index contributed by atoms with van der Waals surface area (Å²) in [6.07, 6.45) is 3.63. The van der Waals surface area contributed by atoms with Gasteiger partial charge in [-0.3, -0.25) is 0 Å². The van der Waals surface area contributed by atoms with Crippen LogP contribution in [0.4, 0.5) is 0 Å². The molecule has 0 aliphatic rings. The van der Waals surface area contributed by atoms with Gasteiger partial charge in [-0.2, -0.15) is 0 Å². The summed E-state index contributed by atoms with van der Waals surface area (Å²) in [5.41, 5.74) is 0. The molecule has 4 heteroatoms. The molecule has 0 atom stereocenters. The quantitative estimate of drug-likeness (QED) is 0.299. The summed E-state index contributed by atoms with van der Waals surface area (Å²) in [7, 11) is 0. The molecule has 0 aromatic heterocycles. The Labute approximate surface area is 96.3 Å². The van der Waals surface area contributed by atoms with Gasteiger partial charge in [-0.1, -0.05) is 26.7 Å². The highest BCUT2D eigenvalue weighted by Gasteiger charge is 1.99. The predicted octanol–water partition coefficient (Wildman–Crippen LogP) is 1.68. The van der Waals surface area contributed by atoms with Crippen LogP contribution in [0.2, 0.25) is 0 Å². The molecule has 0 aliphatic carbocycles. The normalized spacial score (nSPS) is 8.88. The fourth-order valence-corrected chi connectivity index (χ4v) is 0.886. The number of hydrogen-bond acceptors (Lipinski definition) is 4. The van der Waals surface area contributed by atoms with Crippen LogP contribution < -0.4 is 0 Å². The summed E-state index contributed by atoms with van der Waals surface area (Å²) < 4.78 is 9.44. The van der Waals surface area contributed by atoms with Crippen LogP contribution in [-0.2, 0) is 19.1 Å². The van der Waals surface area contributed by atoms with Gasteiger partial charge in [-0.25, -0.2) is 9.59 Å². The highest BCUT2D eigenvalue weighted by atomic mass is 16.5. The van der Waals surface area contributed by atoms with Crippen LogP contribution in [0.25, 0.3) is 0 Å². The Morgan fingerprint density at radius 2 is 1.44 bits per heavy atom. The molecule has 0 saturated heterocycles. The summed E-state index contributed by atoms with van der Waals surface area (Å²) in [4.78, 5) is 21.9. The highest BCUT2D eigenvalue weighted by Crippen LogP contribution is 1.93. The van der Waals surface area contributed by atoms with E-state index in [0.29, 0.717) is 13.2 Å².